The van der Waals surface area contributed by atoms with Crippen LogP contribution >= 0.6 is 28.3 Å². The molecule has 1 N–H and O–H groups in total. The van der Waals surface area contributed by atoms with Crippen LogP contribution in [0.25, 0.3) is 6.08 Å². The highest BCUT2D eigenvalue weighted by molar-refractivity contribution is 9.10. The highest BCUT2D eigenvalue weighted by Gasteiger charge is 2.15. The third-order valence-electron chi connectivity index (χ3n) is 4.30. The molecule has 25 heavy (non-hydrogen) atoms. The van der Waals surface area contributed by atoms with E-state index in [1.54, 1.807) is 0 Å². The summed E-state index contributed by atoms with van der Waals surface area (Å²) in [5.74, 6) is 0. The molecule has 1 aliphatic heterocycles. The summed E-state index contributed by atoms with van der Waals surface area (Å²) < 4.78 is 1.10. The van der Waals surface area contributed by atoms with Crippen LogP contribution in [-0.2, 0) is 0 Å². The summed E-state index contributed by atoms with van der Waals surface area (Å²) in [5.41, 5.74) is 3.56. The second-order valence-corrected chi connectivity index (χ2v) is 7.02. The lowest BCUT2D eigenvalue weighted by Crippen LogP contribution is -2.32. The lowest BCUT2D eigenvalue weighted by molar-refractivity contribution is 0.118. The maximum Gasteiger partial charge on any atom is 0.0917 e. The summed E-state index contributed by atoms with van der Waals surface area (Å²) in [7, 11) is 0. The van der Waals surface area contributed by atoms with Crippen LogP contribution in [0.5, 0.6) is 0 Å². The van der Waals surface area contributed by atoms with Gasteiger partial charge in [0.15, 0.2) is 0 Å². The molecule has 2 aromatic rings. The van der Waals surface area contributed by atoms with E-state index in [0.29, 0.717) is 6.54 Å². The quantitative estimate of drug-likeness (QED) is 0.714. The summed E-state index contributed by atoms with van der Waals surface area (Å²) in [6.07, 6.45) is 7.23. The van der Waals surface area contributed by atoms with E-state index in [0.717, 1.165) is 29.5 Å². The number of halogens is 2. The van der Waals surface area contributed by atoms with Crippen molar-refractivity contribution in [1.82, 2.24) is 4.90 Å². The standard InChI is InChI=1S/C21H22BrNO.ClH/c22-20-10-8-17(9-11-20)6-7-18-12-14-23(15-13-18)16-21(24)19-4-2-1-3-5-19;/h1-12,21,24H,13-16H2;1H/b7-6+;. The van der Waals surface area contributed by atoms with Crippen molar-refractivity contribution in [1.29, 1.82) is 0 Å². The van der Waals surface area contributed by atoms with Crippen LogP contribution in [0.15, 0.2) is 76.8 Å². The molecule has 0 aromatic heterocycles. The van der Waals surface area contributed by atoms with Crippen molar-refractivity contribution in [3.05, 3.63) is 87.9 Å². The van der Waals surface area contributed by atoms with E-state index in [-0.39, 0.29) is 12.4 Å². The van der Waals surface area contributed by atoms with E-state index in [4.69, 9.17) is 0 Å². The topological polar surface area (TPSA) is 23.5 Å². The third-order valence-corrected chi connectivity index (χ3v) is 4.83. The van der Waals surface area contributed by atoms with Gasteiger partial charge in [-0.2, -0.15) is 0 Å². The lowest BCUT2D eigenvalue weighted by Gasteiger charge is -2.27. The first kappa shape index (κ1) is 19.9. The Morgan fingerprint density at radius 1 is 1.04 bits per heavy atom. The Labute approximate surface area is 164 Å². The molecule has 3 rings (SSSR count). The van der Waals surface area contributed by atoms with Gasteiger partial charge in [0.05, 0.1) is 6.10 Å². The molecule has 4 heteroatoms. The highest BCUT2D eigenvalue weighted by atomic mass is 79.9. The van der Waals surface area contributed by atoms with Crippen LogP contribution in [0.3, 0.4) is 0 Å². The Bertz CT molecular complexity index is 712. The van der Waals surface area contributed by atoms with E-state index < -0.39 is 6.10 Å². The minimum atomic E-state index is -0.417. The number of β-amino-alcohol motifs (C(OH)–C–C–N with tert-alkyl or cyclic N) is 1. The van der Waals surface area contributed by atoms with Crippen molar-refractivity contribution in [2.24, 2.45) is 0 Å². The SMILES string of the molecule is Cl.OC(CN1CC=C(/C=C/c2ccc(Br)cc2)CC1)c1ccccc1. The molecule has 2 aromatic carbocycles. The average Bonchev–Trinajstić information content (AvgIpc) is 2.63. The van der Waals surface area contributed by atoms with Gasteiger partial charge >= 0.3 is 0 Å². The number of hydrogen-bond acceptors (Lipinski definition) is 2. The van der Waals surface area contributed by atoms with Crippen molar-refractivity contribution < 1.29 is 5.11 Å². The molecule has 1 aliphatic rings. The summed E-state index contributed by atoms with van der Waals surface area (Å²) in [4.78, 5) is 2.30. The predicted octanol–water partition coefficient (Wildman–Crippen LogP) is 5.25. The Hall–Kier alpha value is -1.39. The van der Waals surface area contributed by atoms with Gasteiger partial charge in [0.25, 0.3) is 0 Å². The second kappa shape index (κ2) is 9.93. The van der Waals surface area contributed by atoms with E-state index in [9.17, 15) is 5.11 Å². The number of benzene rings is 2. The van der Waals surface area contributed by atoms with Gasteiger partial charge in [-0.15, -0.1) is 12.4 Å². The first-order valence-electron chi connectivity index (χ1n) is 8.29. The first-order valence-corrected chi connectivity index (χ1v) is 9.08. The van der Waals surface area contributed by atoms with Gasteiger partial charge in [-0.3, -0.25) is 4.90 Å². The van der Waals surface area contributed by atoms with E-state index in [1.807, 2.05) is 30.3 Å². The maximum absolute atomic E-state index is 10.3. The number of nitrogens with zero attached hydrogens (tertiary/aromatic N) is 1. The highest BCUT2D eigenvalue weighted by Crippen LogP contribution is 2.19. The van der Waals surface area contributed by atoms with Crippen molar-refractivity contribution in [3.8, 4) is 0 Å². The first-order chi connectivity index (χ1) is 11.7. The van der Waals surface area contributed by atoms with Crippen LogP contribution in [0.2, 0.25) is 0 Å². The van der Waals surface area contributed by atoms with Crippen LogP contribution in [-0.4, -0.2) is 29.6 Å². The zero-order valence-corrected chi connectivity index (χ0v) is 16.4. The minimum absolute atomic E-state index is 0. The van der Waals surface area contributed by atoms with Crippen LogP contribution in [0, 0.1) is 0 Å². The zero-order chi connectivity index (χ0) is 16.8. The zero-order valence-electron chi connectivity index (χ0n) is 14.0. The molecule has 132 valence electrons. The Morgan fingerprint density at radius 2 is 1.76 bits per heavy atom. The molecule has 1 unspecified atom stereocenters. The van der Waals surface area contributed by atoms with Crippen LogP contribution < -0.4 is 0 Å². The van der Waals surface area contributed by atoms with Gasteiger partial charge in [-0.1, -0.05) is 76.6 Å². The fourth-order valence-corrected chi connectivity index (χ4v) is 3.11. The fourth-order valence-electron chi connectivity index (χ4n) is 2.85. The Balaban J connectivity index is 0.00000225. The van der Waals surface area contributed by atoms with E-state index in [1.165, 1.54) is 11.1 Å². The maximum atomic E-state index is 10.3. The van der Waals surface area contributed by atoms with Gasteiger partial charge in [-0.25, -0.2) is 0 Å². The van der Waals surface area contributed by atoms with Crippen LogP contribution in [0.1, 0.15) is 23.7 Å². The molecular formula is C21H23BrClNO. The van der Waals surface area contributed by atoms with Crippen molar-refractivity contribution in [2.45, 2.75) is 12.5 Å². The van der Waals surface area contributed by atoms with Gasteiger partial charge in [0.1, 0.15) is 0 Å². The molecule has 0 spiro atoms. The lowest BCUT2D eigenvalue weighted by atomic mass is 10.0. The van der Waals surface area contributed by atoms with Gasteiger partial charge in [0, 0.05) is 24.1 Å². The summed E-state index contributed by atoms with van der Waals surface area (Å²) in [6.45, 7) is 2.56. The molecule has 0 radical (unpaired) electrons. The molecule has 0 saturated carbocycles. The predicted molar refractivity (Wildman–Crippen MR) is 111 cm³/mol. The van der Waals surface area contributed by atoms with E-state index >= 15 is 0 Å². The molecule has 1 atom stereocenters. The summed E-state index contributed by atoms with van der Waals surface area (Å²) >= 11 is 3.45. The average molecular weight is 421 g/mol. The molecule has 1 heterocycles. The van der Waals surface area contributed by atoms with Crippen molar-refractivity contribution in [2.75, 3.05) is 19.6 Å². The minimum Gasteiger partial charge on any atom is -0.387 e. The molecule has 0 amide bonds. The summed E-state index contributed by atoms with van der Waals surface area (Å²) in [5, 5.41) is 10.3. The molecular weight excluding hydrogens is 398 g/mol. The van der Waals surface area contributed by atoms with Gasteiger partial charge in [-0.05, 0) is 35.3 Å². The third kappa shape index (κ3) is 6.12. The second-order valence-electron chi connectivity index (χ2n) is 6.10. The fraction of sp³-hybridized carbons (Fsp3) is 0.238. The van der Waals surface area contributed by atoms with Gasteiger partial charge < -0.3 is 5.11 Å². The number of hydrogen-bond donors (Lipinski definition) is 1. The number of allylic oxidation sites excluding steroid dienone is 1. The Kier molecular flexibility index (Phi) is 7.91. The molecule has 0 fully saturated rings. The summed E-state index contributed by atoms with van der Waals surface area (Å²) in [6, 6.07) is 18.2. The van der Waals surface area contributed by atoms with Crippen LogP contribution in [0.4, 0.5) is 0 Å². The van der Waals surface area contributed by atoms with Crippen molar-refractivity contribution in [3.63, 3.8) is 0 Å². The smallest absolute Gasteiger partial charge is 0.0917 e. The van der Waals surface area contributed by atoms with Gasteiger partial charge in [0.2, 0.25) is 0 Å². The monoisotopic (exact) mass is 419 g/mol. The number of aliphatic hydroxyl groups excluding tert-OH is 1. The van der Waals surface area contributed by atoms with Crippen molar-refractivity contribution >= 4 is 34.4 Å². The molecule has 0 saturated heterocycles. The number of rotatable bonds is 5. The molecule has 0 aliphatic carbocycles. The molecule has 0 bridgehead atoms. The normalized spacial score (nSPS) is 16.3. The number of aliphatic hydroxyl groups is 1. The van der Waals surface area contributed by atoms with E-state index in [2.05, 4.69) is 63.3 Å². The Morgan fingerprint density at radius 3 is 2.40 bits per heavy atom. The largest absolute Gasteiger partial charge is 0.387 e. The molecule has 2 nitrogen and oxygen atoms in total.